The Bertz CT molecular complexity index is 11.6. The molecule has 0 unspecified atom stereocenters. The van der Waals surface area contributed by atoms with Crippen LogP contribution in [0.3, 0.4) is 0 Å². The van der Waals surface area contributed by atoms with E-state index in [-0.39, 0.29) is 19.0 Å². The monoisotopic (exact) mass is 99.0 g/mol. The van der Waals surface area contributed by atoms with Crippen molar-refractivity contribution >= 4 is 12.4 Å². The third-order valence-corrected chi connectivity index (χ3v) is 0.129. The molecule has 3 N–H and O–H groups in total. The van der Waals surface area contributed by atoms with Crippen molar-refractivity contribution < 1.29 is 5.11 Å². The van der Waals surface area contributed by atoms with Crippen molar-refractivity contribution in [3.63, 3.8) is 0 Å². The lowest BCUT2D eigenvalue weighted by Crippen LogP contribution is -2.02. The van der Waals surface area contributed by atoms with E-state index in [1.807, 2.05) is 0 Å². The minimum absolute atomic E-state index is 0. The third-order valence-electron chi connectivity index (χ3n) is 0.129. The highest BCUT2D eigenvalue weighted by Gasteiger charge is 1.56. The van der Waals surface area contributed by atoms with Gasteiger partial charge in [-0.15, -0.1) is 12.4 Å². The molecule has 0 aliphatic heterocycles. The average molecular weight is 99.5 g/mol. The molecule has 0 bridgehead atoms. The predicted molar refractivity (Wildman–Crippen MR) is 23.4 cm³/mol. The predicted octanol–water partition coefficient (Wildman–Crippen LogP) is -0.641. The molecule has 0 fully saturated rings. The Kier molecular flexibility index (Phi) is 15.9. The van der Waals surface area contributed by atoms with Crippen LogP contribution in [0.15, 0.2) is 0 Å². The van der Waals surface area contributed by atoms with Crippen LogP contribution in [0.5, 0.6) is 0 Å². The molecule has 2 nitrogen and oxygen atoms in total. The molecule has 0 aliphatic rings. The molecule has 0 rings (SSSR count). The summed E-state index contributed by atoms with van der Waals surface area (Å²) in [6.45, 7) is 0.472. The van der Waals surface area contributed by atoms with Crippen molar-refractivity contribution in [2.45, 2.75) is 0 Å². The molecular weight excluding hydrogens is 91.5 g/mol. The molecule has 0 aromatic heterocycles. The number of nitrogens with two attached hydrogens (primary N) is 1. The lowest BCUT2D eigenvalue weighted by atomic mass is 11.3. The minimum atomic E-state index is 0. The lowest BCUT2D eigenvalue weighted by Gasteiger charge is -1.71. The van der Waals surface area contributed by atoms with Crippen molar-refractivity contribution in [2.24, 2.45) is 5.73 Å². The lowest BCUT2D eigenvalue weighted by molar-refractivity contribution is 0.306. The maximum Gasteiger partial charge on any atom is 0.0553 e. The summed E-state index contributed by atoms with van der Waals surface area (Å²) >= 11 is 0. The van der Waals surface area contributed by atoms with E-state index in [0.29, 0.717) is 6.54 Å². The smallest absolute Gasteiger partial charge is 0.0553 e. The van der Waals surface area contributed by atoms with Gasteiger partial charge in [0.15, 0.2) is 0 Å². The molecule has 0 aliphatic carbocycles. The highest BCUT2D eigenvalue weighted by Crippen LogP contribution is 1.33. The molecule has 0 saturated heterocycles. The van der Waals surface area contributed by atoms with Gasteiger partial charge in [-0.3, -0.25) is 0 Å². The van der Waals surface area contributed by atoms with Gasteiger partial charge in [0.25, 0.3) is 0 Å². The van der Waals surface area contributed by atoms with Crippen LogP contribution in [0, 0.1) is 0 Å². The van der Waals surface area contributed by atoms with E-state index in [4.69, 9.17) is 10.8 Å². The summed E-state index contributed by atoms with van der Waals surface area (Å²) in [6, 6.07) is 0. The quantitative estimate of drug-likeness (QED) is 0.459. The van der Waals surface area contributed by atoms with Crippen LogP contribution in [0.1, 0.15) is 0 Å². The summed E-state index contributed by atoms with van der Waals surface area (Å²) in [4.78, 5) is 0. The van der Waals surface area contributed by atoms with Crippen molar-refractivity contribution in [3.05, 3.63) is 0 Å². The second-order valence-corrected chi connectivity index (χ2v) is 0.512. The number of rotatable bonds is 1. The Morgan fingerprint density at radius 1 is 1.80 bits per heavy atom. The first-order chi connectivity index (χ1) is 1.91. The maximum absolute atomic E-state index is 7.75. The molecule has 0 atom stereocenters. The second-order valence-electron chi connectivity index (χ2n) is 0.512. The number of halogens is 1. The number of aliphatic hydroxyl groups is 1. The van der Waals surface area contributed by atoms with Crippen LogP contribution in [0.2, 0.25) is 0 Å². The van der Waals surface area contributed by atoms with E-state index in [1.165, 1.54) is 0 Å². The van der Waals surface area contributed by atoms with E-state index in [2.05, 4.69) is 0 Å². The van der Waals surface area contributed by atoms with Gasteiger partial charge < -0.3 is 10.8 Å². The summed E-state index contributed by atoms with van der Waals surface area (Å²) in [6.07, 6.45) is 0. The van der Waals surface area contributed by atoms with E-state index in [0.717, 1.165) is 0 Å². The van der Waals surface area contributed by atoms with Crippen LogP contribution in [-0.4, -0.2) is 18.3 Å². The Balaban J connectivity index is 0. The first kappa shape index (κ1) is 8.96. The summed E-state index contributed by atoms with van der Waals surface area (Å²) in [5.41, 5.74) is 4.78. The largest absolute Gasteiger partial charge is 0.395 e. The van der Waals surface area contributed by atoms with Gasteiger partial charge in [-0.05, 0) is 0 Å². The molecule has 34 valence electrons. The zero-order chi connectivity index (χ0) is 3.41. The highest BCUT2D eigenvalue weighted by atomic mass is 35.5. The molecule has 5 heavy (non-hydrogen) atoms. The van der Waals surface area contributed by atoms with Gasteiger partial charge in [-0.25, -0.2) is 0 Å². The van der Waals surface area contributed by atoms with Crippen LogP contribution in [-0.2, 0) is 0 Å². The second kappa shape index (κ2) is 8.88. The normalized spacial score (nSPS) is 6.00. The fourth-order valence-corrected chi connectivity index (χ4v) is 0. The van der Waals surface area contributed by atoms with E-state index < -0.39 is 0 Å². The van der Waals surface area contributed by atoms with Crippen LogP contribution < -0.4 is 5.73 Å². The summed E-state index contributed by atoms with van der Waals surface area (Å²) in [5, 5.41) is 7.75. The van der Waals surface area contributed by atoms with Crippen molar-refractivity contribution in [3.8, 4) is 0 Å². The van der Waals surface area contributed by atoms with Gasteiger partial charge in [0, 0.05) is 6.54 Å². The number of hydrogen-bond acceptors (Lipinski definition) is 2. The van der Waals surface area contributed by atoms with E-state index in [9.17, 15) is 0 Å². The van der Waals surface area contributed by atoms with Crippen LogP contribution >= 0.6 is 12.4 Å². The van der Waals surface area contributed by atoms with E-state index in [1.54, 1.807) is 0 Å². The highest BCUT2D eigenvalue weighted by molar-refractivity contribution is 5.85. The van der Waals surface area contributed by atoms with Gasteiger partial charge in [0.2, 0.25) is 0 Å². The summed E-state index contributed by atoms with van der Waals surface area (Å²) in [7, 11) is 0. The van der Waals surface area contributed by atoms with Crippen LogP contribution in [0.4, 0.5) is 0 Å². The molecule has 0 amide bonds. The van der Waals surface area contributed by atoms with Gasteiger partial charge in [0.05, 0.1) is 6.61 Å². The molecular formula is C2H8ClNO. The fourth-order valence-electron chi connectivity index (χ4n) is 0. The fraction of sp³-hybridized carbons (Fsp3) is 1.00. The SMILES string of the molecule is Cl.NC[14CH2]O. The van der Waals surface area contributed by atoms with Crippen molar-refractivity contribution in [1.82, 2.24) is 0 Å². The van der Waals surface area contributed by atoms with Gasteiger partial charge in [0.1, 0.15) is 0 Å². The molecule has 0 heterocycles. The molecule has 0 spiro atoms. The van der Waals surface area contributed by atoms with Crippen LogP contribution in [0.25, 0.3) is 0 Å². The Morgan fingerprint density at radius 3 is 2.00 bits per heavy atom. The molecule has 3 heteroatoms. The summed E-state index contributed by atoms with van der Waals surface area (Å²) in [5.74, 6) is 0. The third kappa shape index (κ3) is 14.0. The Labute approximate surface area is 37.4 Å². The molecule has 0 aromatic rings. The zero-order valence-electron chi connectivity index (χ0n) is 2.85. The molecule has 0 radical (unpaired) electrons. The average Bonchev–Trinajstić information content (AvgIpc) is 1.37. The first-order valence-corrected chi connectivity index (χ1v) is 1.22. The topological polar surface area (TPSA) is 46.2 Å². The number of aliphatic hydroxyl groups excluding tert-OH is 1. The van der Waals surface area contributed by atoms with Crippen molar-refractivity contribution in [2.75, 3.05) is 13.2 Å². The Morgan fingerprint density at radius 2 is 2.00 bits per heavy atom. The molecule has 0 saturated carbocycles. The standard InChI is InChI=1S/C2H7NO.ClH/c3-1-2-4;/h4H,1-3H2;1H/i2+2;. The Hall–Kier alpha value is 0.210. The van der Waals surface area contributed by atoms with E-state index >= 15 is 0 Å². The van der Waals surface area contributed by atoms with Gasteiger partial charge in [-0.2, -0.15) is 0 Å². The first-order valence-electron chi connectivity index (χ1n) is 1.22. The van der Waals surface area contributed by atoms with Gasteiger partial charge >= 0.3 is 0 Å². The van der Waals surface area contributed by atoms with Crippen molar-refractivity contribution in [1.29, 1.82) is 0 Å². The zero-order valence-corrected chi connectivity index (χ0v) is 3.66. The maximum atomic E-state index is 7.75. The summed E-state index contributed by atoms with van der Waals surface area (Å²) < 4.78 is 0. The minimum Gasteiger partial charge on any atom is -0.395 e. The molecule has 0 aromatic carbocycles. The van der Waals surface area contributed by atoms with Gasteiger partial charge in [-0.1, -0.05) is 0 Å². The number of hydrogen-bond donors (Lipinski definition) is 2.